The zero-order valence-electron chi connectivity index (χ0n) is 13.4. The van der Waals surface area contributed by atoms with Gasteiger partial charge in [0, 0.05) is 32.7 Å². The van der Waals surface area contributed by atoms with Crippen molar-refractivity contribution in [2.45, 2.75) is 32.9 Å². The third-order valence-corrected chi connectivity index (χ3v) is 3.28. The van der Waals surface area contributed by atoms with Crippen molar-refractivity contribution < 1.29 is 13.9 Å². The van der Waals surface area contributed by atoms with E-state index in [-0.39, 0.29) is 5.69 Å². The van der Waals surface area contributed by atoms with Crippen molar-refractivity contribution in [2.24, 2.45) is 0 Å². The van der Waals surface area contributed by atoms with Gasteiger partial charge in [0.25, 0.3) is 0 Å². The minimum Gasteiger partial charge on any atom is -0.444 e. The van der Waals surface area contributed by atoms with Gasteiger partial charge in [-0.25, -0.2) is 9.18 Å². The van der Waals surface area contributed by atoms with Crippen LogP contribution in [0.3, 0.4) is 0 Å². The number of benzene rings is 1. The molecule has 0 unspecified atom stereocenters. The van der Waals surface area contributed by atoms with Gasteiger partial charge in [-0.1, -0.05) is 6.07 Å². The van der Waals surface area contributed by atoms with Gasteiger partial charge in [-0.2, -0.15) is 0 Å². The fraction of sp³-hybridized carbons (Fsp3) is 0.562. The molecule has 0 spiro atoms. The first kappa shape index (κ1) is 16.7. The second kappa shape index (κ2) is 7.07. The van der Waals surface area contributed by atoms with E-state index in [2.05, 4.69) is 15.5 Å². The highest BCUT2D eigenvalue weighted by Crippen LogP contribution is 2.19. The summed E-state index contributed by atoms with van der Waals surface area (Å²) in [4.78, 5) is 14.1. The van der Waals surface area contributed by atoms with Gasteiger partial charge in [0.2, 0.25) is 0 Å². The maximum absolute atomic E-state index is 13.8. The van der Waals surface area contributed by atoms with E-state index >= 15 is 0 Å². The minimum atomic E-state index is -0.647. The zero-order chi connectivity index (χ0) is 16.2. The molecule has 1 amide bonds. The number of carbonyl (C=O) groups is 1. The van der Waals surface area contributed by atoms with E-state index in [4.69, 9.17) is 4.74 Å². The highest BCUT2D eigenvalue weighted by atomic mass is 19.1. The van der Waals surface area contributed by atoms with Gasteiger partial charge >= 0.3 is 6.09 Å². The maximum atomic E-state index is 13.8. The third kappa shape index (κ3) is 5.27. The highest BCUT2D eigenvalue weighted by Gasteiger charge is 2.18. The van der Waals surface area contributed by atoms with Crippen molar-refractivity contribution in [3.05, 3.63) is 29.6 Å². The Bertz CT molecular complexity index is 523. The van der Waals surface area contributed by atoms with Crippen molar-refractivity contribution >= 4 is 11.8 Å². The van der Waals surface area contributed by atoms with Crippen LogP contribution >= 0.6 is 0 Å². The van der Waals surface area contributed by atoms with E-state index in [1.807, 2.05) is 0 Å². The van der Waals surface area contributed by atoms with E-state index in [1.165, 1.54) is 6.07 Å². The number of hydrogen-bond donors (Lipinski definition) is 2. The molecule has 0 aliphatic carbocycles. The summed E-state index contributed by atoms with van der Waals surface area (Å²) in [6.45, 7) is 9.90. The molecule has 0 aromatic heterocycles. The van der Waals surface area contributed by atoms with Gasteiger partial charge < -0.3 is 10.1 Å². The summed E-state index contributed by atoms with van der Waals surface area (Å²) in [5, 5.41) is 5.77. The molecule has 2 rings (SSSR count). The average molecular weight is 309 g/mol. The number of piperazine rings is 1. The van der Waals surface area contributed by atoms with Gasteiger partial charge in [-0.3, -0.25) is 10.2 Å². The van der Waals surface area contributed by atoms with Crippen LogP contribution in [0.2, 0.25) is 0 Å². The molecule has 122 valence electrons. The summed E-state index contributed by atoms with van der Waals surface area (Å²) < 4.78 is 19.0. The Labute approximate surface area is 130 Å². The smallest absolute Gasteiger partial charge is 0.412 e. The Balaban J connectivity index is 2.01. The van der Waals surface area contributed by atoms with Crippen LogP contribution in [0.15, 0.2) is 18.2 Å². The molecule has 0 saturated carbocycles. The summed E-state index contributed by atoms with van der Waals surface area (Å²) in [5.41, 5.74) is 0.509. The normalized spacial score (nSPS) is 16.4. The largest absolute Gasteiger partial charge is 0.444 e. The van der Waals surface area contributed by atoms with Crippen molar-refractivity contribution in [3.8, 4) is 0 Å². The van der Waals surface area contributed by atoms with Gasteiger partial charge in [0.1, 0.15) is 11.4 Å². The van der Waals surface area contributed by atoms with Crippen LogP contribution in [0, 0.1) is 5.82 Å². The van der Waals surface area contributed by atoms with Crippen LogP contribution in [0.4, 0.5) is 14.9 Å². The SMILES string of the molecule is CC(C)(C)OC(=O)Nc1cc(CN2CCNCC2)ccc1F. The predicted molar refractivity (Wildman–Crippen MR) is 84.4 cm³/mol. The number of nitrogens with zero attached hydrogens (tertiary/aromatic N) is 1. The monoisotopic (exact) mass is 309 g/mol. The number of anilines is 1. The van der Waals surface area contributed by atoms with E-state index in [9.17, 15) is 9.18 Å². The van der Waals surface area contributed by atoms with Gasteiger partial charge in [0.05, 0.1) is 5.69 Å². The average Bonchev–Trinajstić information content (AvgIpc) is 2.41. The molecule has 6 heteroatoms. The maximum Gasteiger partial charge on any atom is 0.412 e. The molecule has 2 N–H and O–H groups in total. The number of hydrogen-bond acceptors (Lipinski definition) is 4. The van der Waals surface area contributed by atoms with Crippen molar-refractivity contribution in [1.29, 1.82) is 0 Å². The molecule has 1 fully saturated rings. The van der Waals surface area contributed by atoms with Crippen LogP contribution in [-0.2, 0) is 11.3 Å². The lowest BCUT2D eigenvalue weighted by atomic mass is 10.1. The predicted octanol–water partition coefficient (Wildman–Crippen LogP) is 2.58. The molecule has 1 aliphatic heterocycles. The van der Waals surface area contributed by atoms with Crippen LogP contribution in [0.5, 0.6) is 0 Å². The first-order valence-corrected chi connectivity index (χ1v) is 7.55. The number of halogens is 1. The third-order valence-electron chi connectivity index (χ3n) is 3.28. The number of ether oxygens (including phenoxy) is 1. The molecule has 1 aliphatic rings. The summed E-state index contributed by atoms with van der Waals surface area (Å²) >= 11 is 0. The van der Waals surface area contributed by atoms with Gasteiger partial charge in [-0.05, 0) is 38.5 Å². The molecular formula is C16H24FN3O2. The first-order chi connectivity index (χ1) is 10.3. The Kier molecular flexibility index (Phi) is 5.37. The number of rotatable bonds is 3. The van der Waals surface area contributed by atoms with E-state index in [0.29, 0.717) is 0 Å². The summed E-state index contributed by atoms with van der Waals surface area (Å²) in [7, 11) is 0. The van der Waals surface area contributed by atoms with Crippen molar-refractivity contribution in [2.75, 3.05) is 31.5 Å². The molecule has 0 bridgehead atoms. The minimum absolute atomic E-state index is 0.155. The van der Waals surface area contributed by atoms with Gasteiger partial charge in [-0.15, -0.1) is 0 Å². The highest BCUT2D eigenvalue weighted by molar-refractivity contribution is 5.85. The molecule has 1 aromatic carbocycles. The van der Waals surface area contributed by atoms with E-state index in [0.717, 1.165) is 38.3 Å². The number of carbonyl (C=O) groups excluding carboxylic acids is 1. The molecular weight excluding hydrogens is 285 g/mol. The molecule has 5 nitrogen and oxygen atoms in total. The standard InChI is InChI=1S/C16H24FN3O2/c1-16(2,3)22-15(21)19-14-10-12(4-5-13(14)17)11-20-8-6-18-7-9-20/h4-5,10,18H,6-9,11H2,1-3H3,(H,19,21). The molecule has 1 heterocycles. The fourth-order valence-electron chi connectivity index (χ4n) is 2.31. The Morgan fingerprint density at radius 1 is 1.36 bits per heavy atom. The number of amides is 1. The summed E-state index contributed by atoms with van der Waals surface area (Å²) in [6.07, 6.45) is -0.647. The Morgan fingerprint density at radius 3 is 2.68 bits per heavy atom. The van der Waals surface area contributed by atoms with Crippen molar-refractivity contribution in [1.82, 2.24) is 10.2 Å². The van der Waals surface area contributed by atoms with Crippen LogP contribution < -0.4 is 10.6 Å². The topological polar surface area (TPSA) is 53.6 Å². The second-order valence-corrected chi connectivity index (χ2v) is 6.47. The molecule has 1 saturated heterocycles. The van der Waals surface area contributed by atoms with Gasteiger partial charge in [0.15, 0.2) is 0 Å². The molecule has 1 aromatic rings. The summed E-state index contributed by atoms with van der Waals surface area (Å²) in [6, 6.07) is 4.79. The zero-order valence-corrected chi connectivity index (χ0v) is 13.4. The first-order valence-electron chi connectivity index (χ1n) is 7.55. The lowest BCUT2D eigenvalue weighted by molar-refractivity contribution is 0.0635. The second-order valence-electron chi connectivity index (χ2n) is 6.47. The van der Waals surface area contributed by atoms with E-state index in [1.54, 1.807) is 32.9 Å². The van der Waals surface area contributed by atoms with Crippen LogP contribution in [-0.4, -0.2) is 42.8 Å². The molecule has 22 heavy (non-hydrogen) atoms. The van der Waals surface area contributed by atoms with Crippen LogP contribution in [0.1, 0.15) is 26.3 Å². The lowest BCUT2D eigenvalue weighted by Crippen LogP contribution is -2.42. The quantitative estimate of drug-likeness (QED) is 0.901. The molecule has 0 radical (unpaired) electrons. The summed E-state index contributed by atoms with van der Waals surface area (Å²) in [5.74, 6) is -0.463. The number of nitrogens with one attached hydrogen (secondary N) is 2. The van der Waals surface area contributed by atoms with Crippen LogP contribution in [0.25, 0.3) is 0 Å². The lowest BCUT2D eigenvalue weighted by Gasteiger charge is -2.27. The molecule has 0 atom stereocenters. The fourth-order valence-corrected chi connectivity index (χ4v) is 2.31. The Hall–Kier alpha value is -1.66. The van der Waals surface area contributed by atoms with Crippen molar-refractivity contribution in [3.63, 3.8) is 0 Å². The van der Waals surface area contributed by atoms with E-state index < -0.39 is 17.5 Å². The Morgan fingerprint density at radius 2 is 2.05 bits per heavy atom.